The molecule has 0 heterocycles. The molecule has 0 bridgehead atoms. The number of nitrogens with one attached hydrogen (secondary N) is 1. The highest BCUT2D eigenvalue weighted by Gasteiger charge is 2.14. The molecule has 0 aliphatic rings. The number of carbonyl (C=O) groups excluding carboxylic acids is 1. The van der Waals surface area contributed by atoms with Crippen molar-refractivity contribution < 1.29 is 4.79 Å². The zero-order valence-electron chi connectivity index (χ0n) is 10.9. The van der Waals surface area contributed by atoms with Gasteiger partial charge in [-0.15, -0.1) is 0 Å². The molecule has 0 saturated carbocycles. The van der Waals surface area contributed by atoms with Gasteiger partial charge in [-0.25, -0.2) is 0 Å². The van der Waals surface area contributed by atoms with Gasteiger partial charge < -0.3 is 11.1 Å². The summed E-state index contributed by atoms with van der Waals surface area (Å²) in [5.41, 5.74) is 6.94. The number of benzene rings is 1. The molecule has 18 heavy (non-hydrogen) atoms. The molecule has 3 N–H and O–H groups in total. The van der Waals surface area contributed by atoms with Gasteiger partial charge in [-0.05, 0) is 25.0 Å². The van der Waals surface area contributed by atoms with Crippen molar-refractivity contribution in [1.29, 1.82) is 0 Å². The fourth-order valence-electron chi connectivity index (χ4n) is 1.92. The lowest BCUT2D eigenvalue weighted by atomic mass is 10.1. The zero-order valence-corrected chi connectivity index (χ0v) is 12.5. The van der Waals surface area contributed by atoms with E-state index in [0.717, 1.165) is 22.9 Å². The topological polar surface area (TPSA) is 55.1 Å². The maximum Gasteiger partial charge on any atom is 0.222 e. The molecular formula is C14H21BrN2O. The molecule has 0 aromatic heterocycles. The van der Waals surface area contributed by atoms with Crippen LogP contribution in [-0.4, -0.2) is 11.9 Å². The minimum absolute atomic E-state index is 0.0121. The minimum Gasteiger partial charge on any atom is -0.349 e. The van der Waals surface area contributed by atoms with Crippen molar-refractivity contribution in [3.05, 3.63) is 34.3 Å². The summed E-state index contributed by atoms with van der Waals surface area (Å²) in [7, 11) is 0. The van der Waals surface area contributed by atoms with Crippen LogP contribution in [0.1, 0.15) is 44.7 Å². The van der Waals surface area contributed by atoms with E-state index in [9.17, 15) is 4.79 Å². The summed E-state index contributed by atoms with van der Waals surface area (Å²) in [5, 5.41) is 2.98. The third kappa shape index (κ3) is 4.78. The number of hydrogen-bond donors (Lipinski definition) is 2. The van der Waals surface area contributed by atoms with Crippen molar-refractivity contribution in [2.45, 2.75) is 45.2 Å². The van der Waals surface area contributed by atoms with E-state index in [0.29, 0.717) is 6.42 Å². The van der Waals surface area contributed by atoms with Crippen molar-refractivity contribution in [3.63, 3.8) is 0 Å². The molecule has 0 spiro atoms. The summed E-state index contributed by atoms with van der Waals surface area (Å²) >= 11 is 3.49. The van der Waals surface area contributed by atoms with E-state index in [4.69, 9.17) is 5.73 Å². The van der Waals surface area contributed by atoms with Gasteiger partial charge in [0.25, 0.3) is 0 Å². The SMILES string of the molecule is CCCC(N)CC(=O)N[C@@H](C)c1ccccc1Br. The third-order valence-corrected chi connectivity index (χ3v) is 3.58. The molecule has 0 aliphatic heterocycles. The van der Waals surface area contributed by atoms with Crippen LogP contribution < -0.4 is 11.1 Å². The molecule has 0 fully saturated rings. The molecule has 0 aliphatic carbocycles. The van der Waals surface area contributed by atoms with E-state index in [1.165, 1.54) is 0 Å². The average molecular weight is 313 g/mol. The monoisotopic (exact) mass is 312 g/mol. The van der Waals surface area contributed by atoms with Gasteiger partial charge in [0.2, 0.25) is 5.91 Å². The number of halogens is 1. The number of nitrogens with two attached hydrogens (primary N) is 1. The van der Waals surface area contributed by atoms with Gasteiger partial charge in [-0.2, -0.15) is 0 Å². The van der Waals surface area contributed by atoms with E-state index in [1.807, 2.05) is 31.2 Å². The predicted molar refractivity (Wildman–Crippen MR) is 78.2 cm³/mol. The highest BCUT2D eigenvalue weighted by Crippen LogP contribution is 2.22. The maximum absolute atomic E-state index is 11.8. The van der Waals surface area contributed by atoms with Crippen LogP contribution in [0.15, 0.2) is 28.7 Å². The Kier molecular flexibility index (Phi) is 6.36. The van der Waals surface area contributed by atoms with E-state index in [1.54, 1.807) is 0 Å². The standard InChI is InChI=1S/C14H21BrN2O/c1-3-6-11(16)9-14(18)17-10(2)12-7-4-5-8-13(12)15/h4-5,7-8,10-11H,3,6,9,16H2,1-2H3,(H,17,18)/t10-,11?/m0/s1. The first-order valence-corrected chi connectivity index (χ1v) is 7.13. The van der Waals surface area contributed by atoms with Gasteiger partial charge in [-0.1, -0.05) is 47.5 Å². The molecule has 1 unspecified atom stereocenters. The Morgan fingerprint density at radius 2 is 2.11 bits per heavy atom. The van der Waals surface area contributed by atoms with Gasteiger partial charge in [0.15, 0.2) is 0 Å². The van der Waals surface area contributed by atoms with Gasteiger partial charge in [0.05, 0.1) is 6.04 Å². The van der Waals surface area contributed by atoms with E-state index >= 15 is 0 Å². The third-order valence-electron chi connectivity index (χ3n) is 2.86. The molecule has 4 heteroatoms. The normalized spacial score (nSPS) is 14.0. The van der Waals surface area contributed by atoms with Gasteiger partial charge >= 0.3 is 0 Å². The fraction of sp³-hybridized carbons (Fsp3) is 0.500. The van der Waals surface area contributed by atoms with Crippen molar-refractivity contribution in [2.75, 3.05) is 0 Å². The Labute approximate surface area is 117 Å². The number of rotatable bonds is 6. The van der Waals surface area contributed by atoms with Crippen LogP contribution >= 0.6 is 15.9 Å². The average Bonchev–Trinajstić information content (AvgIpc) is 2.29. The minimum atomic E-state index is -0.0404. The second-order valence-electron chi connectivity index (χ2n) is 4.56. The quantitative estimate of drug-likeness (QED) is 0.847. The predicted octanol–water partition coefficient (Wildman–Crippen LogP) is 3.14. The Hall–Kier alpha value is -0.870. The Morgan fingerprint density at radius 3 is 2.72 bits per heavy atom. The number of carbonyl (C=O) groups is 1. The lowest BCUT2D eigenvalue weighted by molar-refractivity contribution is -0.122. The van der Waals surface area contributed by atoms with Crippen molar-refractivity contribution in [3.8, 4) is 0 Å². The second kappa shape index (κ2) is 7.54. The summed E-state index contributed by atoms with van der Waals surface area (Å²) in [4.78, 5) is 11.8. The Morgan fingerprint density at radius 1 is 1.44 bits per heavy atom. The summed E-state index contributed by atoms with van der Waals surface area (Å²) in [6, 6.07) is 7.84. The maximum atomic E-state index is 11.8. The smallest absolute Gasteiger partial charge is 0.222 e. The molecule has 1 amide bonds. The molecule has 1 rings (SSSR count). The van der Waals surface area contributed by atoms with E-state index in [2.05, 4.69) is 28.2 Å². The van der Waals surface area contributed by atoms with Crippen LogP contribution in [0, 0.1) is 0 Å². The first-order chi connectivity index (χ1) is 8.54. The van der Waals surface area contributed by atoms with Crippen LogP contribution in [0.4, 0.5) is 0 Å². The fourth-order valence-corrected chi connectivity index (χ4v) is 2.54. The molecular weight excluding hydrogens is 292 g/mol. The van der Waals surface area contributed by atoms with Crippen molar-refractivity contribution in [2.24, 2.45) is 5.73 Å². The van der Waals surface area contributed by atoms with Gasteiger partial charge in [0, 0.05) is 16.9 Å². The van der Waals surface area contributed by atoms with Gasteiger partial charge in [0.1, 0.15) is 0 Å². The summed E-state index contributed by atoms with van der Waals surface area (Å²) in [6.07, 6.45) is 2.29. The highest BCUT2D eigenvalue weighted by atomic mass is 79.9. The Bertz CT molecular complexity index is 395. The number of hydrogen-bond acceptors (Lipinski definition) is 2. The summed E-state index contributed by atoms with van der Waals surface area (Å²) in [5.74, 6) is 0.0132. The van der Waals surface area contributed by atoms with Crippen LogP contribution in [0.2, 0.25) is 0 Å². The number of amides is 1. The molecule has 1 aromatic rings. The summed E-state index contributed by atoms with van der Waals surface area (Å²) < 4.78 is 1.01. The molecule has 3 nitrogen and oxygen atoms in total. The van der Waals surface area contributed by atoms with Gasteiger partial charge in [-0.3, -0.25) is 4.79 Å². The molecule has 0 saturated heterocycles. The molecule has 100 valence electrons. The van der Waals surface area contributed by atoms with Crippen LogP contribution in [0.5, 0.6) is 0 Å². The summed E-state index contributed by atoms with van der Waals surface area (Å²) in [6.45, 7) is 4.05. The largest absolute Gasteiger partial charge is 0.349 e. The lowest BCUT2D eigenvalue weighted by Crippen LogP contribution is -2.33. The van der Waals surface area contributed by atoms with E-state index < -0.39 is 0 Å². The Balaban J connectivity index is 2.52. The lowest BCUT2D eigenvalue weighted by Gasteiger charge is -2.17. The first kappa shape index (κ1) is 15.2. The second-order valence-corrected chi connectivity index (χ2v) is 5.42. The molecule has 1 aromatic carbocycles. The van der Waals surface area contributed by atoms with Crippen LogP contribution in [0.25, 0.3) is 0 Å². The van der Waals surface area contributed by atoms with Crippen LogP contribution in [0.3, 0.4) is 0 Å². The van der Waals surface area contributed by atoms with E-state index in [-0.39, 0.29) is 18.0 Å². The molecule has 0 radical (unpaired) electrons. The van der Waals surface area contributed by atoms with Crippen LogP contribution in [-0.2, 0) is 4.79 Å². The zero-order chi connectivity index (χ0) is 13.5. The van der Waals surface area contributed by atoms with Crippen molar-refractivity contribution >= 4 is 21.8 Å². The first-order valence-electron chi connectivity index (χ1n) is 6.34. The van der Waals surface area contributed by atoms with Crippen molar-refractivity contribution in [1.82, 2.24) is 5.32 Å². The molecule has 2 atom stereocenters. The highest BCUT2D eigenvalue weighted by molar-refractivity contribution is 9.10.